The van der Waals surface area contributed by atoms with Crippen LogP contribution in [-0.2, 0) is 11.4 Å². The number of halogens is 2. The van der Waals surface area contributed by atoms with Crippen LogP contribution in [0.15, 0.2) is 65.6 Å². The summed E-state index contributed by atoms with van der Waals surface area (Å²) < 4.78 is 12.0. The quantitative estimate of drug-likeness (QED) is 0.249. The minimum Gasteiger partial charge on any atom is -0.491 e. The molecule has 3 aromatic carbocycles. The second-order valence-corrected chi connectivity index (χ2v) is 10.8. The molecule has 0 aromatic heterocycles. The van der Waals surface area contributed by atoms with Gasteiger partial charge in [-0.1, -0.05) is 73.4 Å². The summed E-state index contributed by atoms with van der Waals surface area (Å²) in [5, 5.41) is 0.744. The number of carbonyl (C=O) groups is 2. The molecule has 0 spiro atoms. The number of rotatable bonds is 9. The topological polar surface area (TPSA) is 55.8 Å². The van der Waals surface area contributed by atoms with Crippen LogP contribution < -0.4 is 9.47 Å². The molecule has 0 radical (unpaired) electrons. The van der Waals surface area contributed by atoms with Crippen LogP contribution in [0.2, 0.25) is 10.0 Å². The molecule has 0 atom stereocenters. The van der Waals surface area contributed by atoms with Crippen LogP contribution >= 0.6 is 35.0 Å². The Morgan fingerprint density at radius 3 is 2.51 bits per heavy atom. The van der Waals surface area contributed by atoms with Gasteiger partial charge in [-0.2, -0.15) is 0 Å². The molecule has 37 heavy (non-hydrogen) atoms. The van der Waals surface area contributed by atoms with Crippen molar-refractivity contribution >= 4 is 52.2 Å². The van der Waals surface area contributed by atoms with E-state index >= 15 is 0 Å². The highest BCUT2D eigenvalue weighted by atomic mass is 35.5. The SMILES string of the molecule is Cc1ccc(C(C)C)c(OCCN2C(=O)S/C(=C\c3ccccc3OCc3ccc(Cl)cc3Cl)C2=O)c1. The Balaban J connectivity index is 1.43. The van der Waals surface area contributed by atoms with Gasteiger partial charge in [-0.3, -0.25) is 14.5 Å². The van der Waals surface area contributed by atoms with E-state index in [4.69, 9.17) is 32.7 Å². The van der Waals surface area contributed by atoms with Crippen molar-refractivity contribution in [1.29, 1.82) is 0 Å². The van der Waals surface area contributed by atoms with Crippen LogP contribution in [0, 0.1) is 6.92 Å². The predicted molar refractivity (Wildman–Crippen MR) is 151 cm³/mol. The summed E-state index contributed by atoms with van der Waals surface area (Å²) in [6, 6.07) is 18.6. The molecule has 2 amide bonds. The fourth-order valence-corrected chi connectivity index (χ4v) is 5.17. The first-order valence-corrected chi connectivity index (χ1v) is 13.4. The summed E-state index contributed by atoms with van der Waals surface area (Å²) in [6.45, 7) is 6.83. The lowest BCUT2D eigenvalue weighted by molar-refractivity contribution is -0.123. The van der Waals surface area contributed by atoms with Crippen LogP contribution in [0.25, 0.3) is 6.08 Å². The Kier molecular flexibility index (Phi) is 8.85. The standard InChI is InChI=1S/C29H27Cl2NO4S/c1-18(2)23-11-8-19(3)14-26(23)35-13-12-32-28(33)27(37-29(32)34)15-20-6-4-5-7-25(20)36-17-21-9-10-22(30)16-24(21)31/h4-11,14-16,18H,12-13,17H2,1-3H3/b27-15-. The van der Waals surface area contributed by atoms with Crippen molar-refractivity contribution in [3.63, 3.8) is 0 Å². The molecule has 0 aliphatic carbocycles. The first-order valence-electron chi connectivity index (χ1n) is 11.9. The summed E-state index contributed by atoms with van der Waals surface area (Å²) >= 11 is 13.1. The van der Waals surface area contributed by atoms with Crippen LogP contribution in [0.3, 0.4) is 0 Å². The number of carbonyl (C=O) groups excluding carboxylic acids is 2. The second kappa shape index (κ2) is 12.1. The highest BCUT2D eigenvalue weighted by Gasteiger charge is 2.35. The fraction of sp³-hybridized carbons (Fsp3) is 0.241. The largest absolute Gasteiger partial charge is 0.491 e. The first-order chi connectivity index (χ1) is 17.7. The Hall–Kier alpha value is -2.93. The molecule has 8 heteroatoms. The minimum atomic E-state index is -0.345. The summed E-state index contributed by atoms with van der Waals surface area (Å²) in [5.74, 6) is 1.31. The van der Waals surface area contributed by atoms with Crippen molar-refractivity contribution in [2.45, 2.75) is 33.3 Å². The third-order valence-electron chi connectivity index (χ3n) is 5.84. The highest BCUT2D eigenvalue weighted by molar-refractivity contribution is 8.18. The molecule has 1 fully saturated rings. The van der Waals surface area contributed by atoms with Gasteiger partial charge >= 0.3 is 0 Å². The van der Waals surface area contributed by atoms with Crippen molar-refractivity contribution in [2.24, 2.45) is 0 Å². The molecule has 5 nitrogen and oxygen atoms in total. The predicted octanol–water partition coefficient (Wildman–Crippen LogP) is 8.12. The van der Waals surface area contributed by atoms with Crippen LogP contribution in [0.4, 0.5) is 4.79 Å². The molecule has 4 rings (SSSR count). The number of nitrogens with zero attached hydrogens (tertiary/aromatic N) is 1. The summed E-state index contributed by atoms with van der Waals surface area (Å²) in [5.41, 5.74) is 3.66. The first kappa shape index (κ1) is 27.1. The van der Waals surface area contributed by atoms with Crippen molar-refractivity contribution in [3.05, 3.63) is 97.9 Å². The fourth-order valence-electron chi connectivity index (χ4n) is 3.85. The maximum absolute atomic E-state index is 13.0. The minimum absolute atomic E-state index is 0.167. The van der Waals surface area contributed by atoms with E-state index in [9.17, 15) is 9.59 Å². The number of aryl methyl sites for hydroxylation is 1. The average Bonchev–Trinajstić information content (AvgIpc) is 3.11. The van der Waals surface area contributed by atoms with Gasteiger partial charge in [0.25, 0.3) is 11.1 Å². The molecule has 1 aliphatic heterocycles. The monoisotopic (exact) mass is 555 g/mol. The number of thioether (sulfide) groups is 1. The van der Waals surface area contributed by atoms with Gasteiger partial charge in [-0.15, -0.1) is 0 Å². The van der Waals surface area contributed by atoms with Gasteiger partial charge < -0.3 is 9.47 Å². The van der Waals surface area contributed by atoms with Gasteiger partial charge in [0.15, 0.2) is 0 Å². The molecule has 0 saturated carbocycles. The lowest BCUT2D eigenvalue weighted by Gasteiger charge is -2.17. The van der Waals surface area contributed by atoms with Gasteiger partial charge in [0.1, 0.15) is 24.7 Å². The number of amides is 2. The number of hydrogen-bond donors (Lipinski definition) is 0. The van der Waals surface area contributed by atoms with E-state index in [2.05, 4.69) is 26.0 Å². The number of hydrogen-bond acceptors (Lipinski definition) is 5. The zero-order chi connectivity index (χ0) is 26.5. The van der Waals surface area contributed by atoms with Crippen LogP contribution in [0.5, 0.6) is 11.5 Å². The van der Waals surface area contributed by atoms with Gasteiger partial charge in [0.2, 0.25) is 0 Å². The zero-order valence-electron chi connectivity index (χ0n) is 20.8. The molecule has 0 unspecified atom stereocenters. The third-order valence-corrected chi connectivity index (χ3v) is 7.34. The number of imide groups is 1. The molecule has 192 valence electrons. The Bertz CT molecular complexity index is 1360. The Morgan fingerprint density at radius 1 is 0.973 bits per heavy atom. The maximum Gasteiger partial charge on any atom is 0.293 e. The van der Waals surface area contributed by atoms with Gasteiger partial charge in [0, 0.05) is 21.2 Å². The van der Waals surface area contributed by atoms with E-state index in [0.717, 1.165) is 34.2 Å². The average molecular weight is 557 g/mol. The van der Waals surface area contributed by atoms with E-state index < -0.39 is 0 Å². The Labute approximate surface area is 231 Å². The second-order valence-electron chi connectivity index (χ2n) is 8.94. The Morgan fingerprint density at radius 2 is 1.76 bits per heavy atom. The van der Waals surface area contributed by atoms with E-state index in [1.165, 1.54) is 4.90 Å². The number of benzene rings is 3. The van der Waals surface area contributed by atoms with Gasteiger partial charge in [-0.05, 0) is 66.1 Å². The summed E-state index contributed by atoms with van der Waals surface area (Å²) in [4.78, 5) is 27.2. The molecular weight excluding hydrogens is 529 g/mol. The molecule has 1 aliphatic rings. The van der Waals surface area contributed by atoms with Gasteiger partial charge in [0.05, 0.1) is 11.4 Å². The third kappa shape index (κ3) is 6.69. The highest BCUT2D eigenvalue weighted by Crippen LogP contribution is 2.34. The molecular formula is C29H27Cl2NO4S. The molecule has 1 saturated heterocycles. The van der Waals surface area contributed by atoms with Crippen molar-refractivity contribution in [1.82, 2.24) is 4.90 Å². The van der Waals surface area contributed by atoms with E-state index in [-0.39, 0.29) is 30.9 Å². The van der Waals surface area contributed by atoms with Crippen LogP contribution in [-0.4, -0.2) is 29.2 Å². The smallest absolute Gasteiger partial charge is 0.293 e. The lowest BCUT2D eigenvalue weighted by atomic mass is 10.0. The molecule has 1 heterocycles. The maximum atomic E-state index is 13.0. The van der Waals surface area contributed by atoms with Crippen molar-refractivity contribution in [3.8, 4) is 11.5 Å². The van der Waals surface area contributed by atoms with Gasteiger partial charge in [-0.25, -0.2) is 0 Å². The summed E-state index contributed by atoms with van der Waals surface area (Å²) in [6.07, 6.45) is 1.68. The van der Waals surface area contributed by atoms with Crippen LogP contribution in [0.1, 0.15) is 42.0 Å². The normalized spacial score (nSPS) is 14.6. The van der Waals surface area contributed by atoms with E-state index in [1.54, 1.807) is 18.2 Å². The molecule has 0 N–H and O–H groups in total. The van der Waals surface area contributed by atoms with E-state index in [0.29, 0.717) is 32.2 Å². The van der Waals surface area contributed by atoms with Crippen molar-refractivity contribution in [2.75, 3.05) is 13.2 Å². The van der Waals surface area contributed by atoms with E-state index in [1.807, 2.05) is 43.3 Å². The number of para-hydroxylation sites is 1. The number of ether oxygens (including phenoxy) is 2. The lowest BCUT2D eigenvalue weighted by Crippen LogP contribution is -2.32. The van der Waals surface area contributed by atoms with Crippen molar-refractivity contribution < 1.29 is 19.1 Å². The zero-order valence-corrected chi connectivity index (χ0v) is 23.1. The molecule has 3 aromatic rings. The summed E-state index contributed by atoms with van der Waals surface area (Å²) in [7, 11) is 0. The molecule has 0 bridgehead atoms.